The van der Waals surface area contributed by atoms with Gasteiger partial charge in [0.1, 0.15) is 0 Å². The zero-order valence-electron chi connectivity index (χ0n) is 11.2. The van der Waals surface area contributed by atoms with E-state index in [0.29, 0.717) is 6.07 Å². The molecule has 0 spiro atoms. The molecule has 1 aliphatic carbocycles. The molecule has 0 bridgehead atoms. The van der Waals surface area contributed by atoms with E-state index in [-0.39, 0.29) is 5.69 Å². The van der Waals surface area contributed by atoms with Gasteiger partial charge in [0.2, 0.25) is 5.91 Å². The Bertz CT molecular complexity index is 443. The van der Waals surface area contributed by atoms with Crippen molar-refractivity contribution in [3.63, 3.8) is 0 Å². The van der Waals surface area contributed by atoms with Gasteiger partial charge in [0.05, 0.1) is 11.1 Å². The van der Waals surface area contributed by atoms with E-state index >= 15 is 0 Å². The number of primary amides is 1. The molecule has 0 unspecified atom stereocenters. The van der Waals surface area contributed by atoms with Crippen LogP contribution in [0.2, 0.25) is 0 Å². The number of nitrogens with two attached hydrogens (primary N) is 2. The standard InChI is InChI=1S/C8H7F3N2O.C6H12/c9-8(10,11)6-3-4(12)1-2-5(6)7(13)14;1-2-4-6-5-3-1/h1-3H,12H2,(H2,13,14);1-6H2. The van der Waals surface area contributed by atoms with Gasteiger partial charge in [0, 0.05) is 5.69 Å². The first-order valence-electron chi connectivity index (χ1n) is 6.59. The van der Waals surface area contributed by atoms with Crippen molar-refractivity contribution in [1.82, 2.24) is 0 Å². The van der Waals surface area contributed by atoms with Crippen LogP contribution >= 0.6 is 0 Å². The third kappa shape index (κ3) is 5.11. The highest BCUT2D eigenvalue weighted by molar-refractivity contribution is 5.95. The Balaban J connectivity index is 0.000000276. The van der Waals surface area contributed by atoms with Gasteiger partial charge in [-0.3, -0.25) is 4.79 Å². The summed E-state index contributed by atoms with van der Waals surface area (Å²) in [5.41, 5.74) is 8.20. The van der Waals surface area contributed by atoms with Crippen LogP contribution in [0.1, 0.15) is 54.4 Å². The summed E-state index contributed by atoms with van der Waals surface area (Å²) < 4.78 is 37.0. The van der Waals surface area contributed by atoms with Crippen molar-refractivity contribution in [2.75, 3.05) is 5.73 Å². The number of carbonyl (C=O) groups excluding carboxylic acids is 1. The molecule has 0 aromatic heterocycles. The molecule has 1 amide bonds. The number of hydrogen-bond donors (Lipinski definition) is 2. The van der Waals surface area contributed by atoms with Crippen molar-refractivity contribution in [3.05, 3.63) is 29.3 Å². The SMILES string of the molecule is C1CCCCC1.NC(=O)c1ccc(N)cc1C(F)(F)F. The normalized spacial score (nSPS) is 15.2. The first kappa shape index (κ1) is 16.3. The van der Waals surface area contributed by atoms with Gasteiger partial charge < -0.3 is 11.5 Å². The summed E-state index contributed by atoms with van der Waals surface area (Å²) in [6.45, 7) is 0. The molecule has 0 aliphatic heterocycles. The molecule has 0 saturated heterocycles. The van der Waals surface area contributed by atoms with E-state index in [1.54, 1.807) is 0 Å². The molecule has 0 heterocycles. The topological polar surface area (TPSA) is 69.1 Å². The zero-order valence-corrected chi connectivity index (χ0v) is 11.2. The van der Waals surface area contributed by atoms with E-state index in [2.05, 4.69) is 0 Å². The van der Waals surface area contributed by atoms with E-state index in [1.807, 2.05) is 0 Å². The summed E-state index contributed by atoms with van der Waals surface area (Å²) in [5, 5.41) is 0. The smallest absolute Gasteiger partial charge is 0.399 e. The predicted molar refractivity (Wildman–Crippen MR) is 72.1 cm³/mol. The number of anilines is 1. The zero-order chi connectivity index (χ0) is 15.2. The van der Waals surface area contributed by atoms with Crippen molar-refractivity contribution < 1.29 is 18.0 Å². The average Bonchev–Trinajstić information content (AvgIpc) is 2.40. The van der Waals surface area contributed by atoms with Crippen molar-refractivity contribution in [3.8, 4) is 0 Å². The molecule has 1 aromatic rings. The van der Waals surface area contributed by atoms with Crippen LogP contribution in [0.4, 0.5) is 18.9 Å². The molecule has 2 rings (SSSR count). The summed E-state index contributed by atoms with van der Waals surface area (Å²) in [6.07, 6.45) is 4.37. The van der Waals surface area contributed by atoms with Crippen molar-refractivity contribution >= 4 is 11.6 Å². The number of nitrogen functional groups attached to an aromatic ring is 1. The summed E-state index contributed by atoms with van der Waals surface area (Å²) in [4.78, 5) is 10.7. The third-order valence-corrected chi connectivity index (χ3v) is 3.11. The van der Waals surface area contributed by atoms with Crippen LogP contribution in [-0.4, -0.2) is 5.91 Å². The number of rotatable bonds is 1. The molecule has 6 heteroatoms. The third-order valence-electron chi connectivity index (χ3n) is 3.11. The fourth-order valence-electron chi connectivity index (χ4n) is 2.07. The number of benzene rings is 1. The van der Waals surface area contributed by atoms with E-state index in [1.165, 1.54) is 44.6 Å². The Hall–Kier alpha value is -1.72. The van der Waals surface area contributed by atoms with Gasteiger partial charge in [-0.05, 0) is 18.2 Å². The number of carbonyl (C=O) groups is 1. The van der Waals surface area contributed by atoms with E-state index < -0.39 is 23.2 Å². The number of alkyl halides is 3. The lowest BCUT2D eigenvalue weighted by molar-refractivity contribution is -0.137. The molecule has 3 nitrogen and oxygen atoms in total. The summed E-state index contributed by atoms with van der Waals surface area (Å²) in [6, 6.07) is 2.83. The van der Waals surface area contributed by atoms with Crippen LogP contribution in [0.5, 0.6) is 0 Å². The van der Waals surface area contributed by atoms with Crippen molar-refractivity contribution in [1.29, 1.82) is 0 Å². The van der Waals surface area contributed by atoms with E-state index in [4.69, 9.17) is 11.5 Å². The molecule has 0 atom stereocenters. The molecule has 1 saturated carbocycles. The van der Waals surface area contributed by atoms with Gasteiger partial charge in [-0.25, -0.2) is 0 Å². The summed E-state index contributed by atoms with van der Waals surface area (Å²) >= 11 is 0. The molecule has 1 fully saturated rings. The minimum absolute atomic E-state index is 0.0673. The highest BCUT2D eigenvalue weighted by atomic mass is 19.4. The monoisotopic (exact) mass is 288 g/mol. The Morgan fingerprint density at radius 3 is 1.80 bits per heavy atom. The Kier molecular flexibility index (Phi) is 5.85. The lowest BCUT2D eigenvalue weighted by Crippen LogP contribution is -2.18. The van der Waals surface area contributed by atoms with Gasteiger partial charge >= 0.3 is 6.18 Å². The summed E-state index contributed by atoms with van der Waals surface area (Å²) in [7, 11) is 0. The highest BCUT2D eigenvalue weighted by Crippen LogP contribution is 2.33. The van der Waals surface area contributed by atoms with Crippen molar-refractivity contribution in [2.24, 2.45) is 5.73 Å². The Morgan fingerprint density at radius 2 is 1.45 bits per heavy atom. The summed E-state index contributed by atoms with van der Waals surface area (Å²) in [5.74, 6) is -1.13. The molecule has 0 radical (unpaired) electrons. The fourth-order valence-corrected chi connectivity index (χ4v) is 2.07. The molecule has 112 valence electrons. The lowest BCUT2D eigenvalue weighted by atomic mass is 10.0. The second-order valence-electron chi connectivity index (χ2n) is 4.79. The van der Waals surface area contributed by atoms with Gasteiger partial charge in [-0.2, -0.15) is 13.2 Å². The van der Waals surface area contributed by atoms with Crippen LogP contribution in [0, 0.1) is 0 Å². The lowest BCUT2D eigenvalue weighted by Gasteiger charge is -2.10. The Labute approximate surface area is 116 Å². The molecule has 1 aliphatic rings. The molecular formula is C14H19F3N2O. The second kappa shape index (κ2) is 7.17. The van der Waals surface area contributed by atoms with Gasteiger partial charge in [-0.15, -0.1) is 0 Å². The quantitative estimate of drug-likeness (QED) is 0.773. The van der Waals surface area contributed by atoms with Crippen LogP contribution < -0.4 is 11.5 Å². The van der Waals surface area contributed by atoms with Gasteiger partial charge in [-0.1, -0.05) is 38.5 Å². The largest absolute Gasteiger partial charge is 0.417 e. The van der Waals surface area contributed by atoms with Crippen LogP contribution in [0.15, 0.2) is 18.2 Å². The van der Waals surface area contributed by atoms with E-state index in [0.717, 1.165) is 6.07 Å². The maximum Gasteiger partial charge on any atom is 0.417 e. The molecule has 1 aromatic carbocycles. The fraction of sp³-hybridized carbons (Fsp3) is 0.500. The maximum atomic E-state index is 12.3. The first-order valence-corrected chi connectivity index (χ1v) is 6.59. The van der Waals surface area contributed by atoms with E-state index in [9.17, 15) is 18.0 Å². The first-order chi connectivity index (χ1) is 9.32. The number of hydrogen-bond acceptors (Lipinski definition) is 2. The van der Waals surface area contributed by atoms with Gasteiger partial charge in [0.15, 0.2) is 0 Å². The molecule has 4 N–H and O–H groups in total. The number of amides is 1. The van der Waals surface area contributed by atoms with Crippen molar-refractivity contribution in [2.45, 2.75) is 44.7 Å². The Morgan fingerprint density at radius 1 is 1.00 bits per heavy atom. The minimum atomic E-state index is -4.63. The second-order valence-corrected chi connectivity index (χ2v) is 4.79. The maximum absolute atomic E-state index is 12.3. The minimum Gasteiger partial charge on any atom is -0.399 e. The van der Waals surface area contributed by atoms with Crippen LogP contribution in [0.3, 0.4) is 0 Å². The molecular weight excluding hydrogens is 269 g/mol. The number of halogens is 3. The average molecular weight is 288 g/mol. The van der Waals surface area contributed by atoms with Crippen LogP contribution in [0.25, 0.3) is 0 Å². The molecule has 20 heavy (non-hydrogen) atoms. The van der Waals surface area contributed by atoms with Gasteiger partial charge in [0.25, 0.3) is 0 Å². The van der Waals surface area contributed by atoms with Crippen LogP contribution in [-0.2, 0) is 6.18 Å². The highest BCUT2D eigenvalue weighted by Gasteiger charge is 2.34. The predicted octanol–water partition coefficient (Wildman–Crippen LogP) is 3.73.